The van der Waals surface area contributed by atoms with Crippen LogP contribution in [0.2, 0.25) is 0 Å². The van der Waals surface area contributed by atoms with Crippen LogP contribution in [0, 0.1) is 5.95 Å². The summed E-state index contributed by atoms with van der Waals surface area (Å²) in [6.45, 7) is 0.529. The topological polar surface area (TPSA) is 28.5 Å². The van der Waals surface area contributed by atoms with Crippen LogP contribution in [-0.2, 0) is 6.54 Å². The number of aliphatic imine (C=N–C) groups is 1. The first kappa shape index (κ1) is 12.0. The highest BCUT2D eigenvalue weighted by Crippen LogP contribution is 2.05. The van der Waals surface area contributed by atoms with Crippen molar-refractivity contribution in [2.24, 2.45) is 4.99 Å². The van der Waals surface area contributed by atoms with E-state index in [9.17, 15) is 4.39 Å². The molecule has 82 valence electrons. The van der Waals surface area contributed by atoms with E-state index in [2.05, 4.69) is 9.98 Å². The molecule has 0 aliphatic rings. The molecule has 3 nitrogen and oxygen atoms in total. The average Bonchev–Trinajstić information content (AvgIpc) is 2.21. The zero-order valence-electron chi connectivity index (χ0n) is 9.07. The van der Waals surface area contributed by atoms with Crippen LogP contribution in [0.1, 0.15) is 5.56 Å². The lowest BCUT2D eigenvalue weighted by Crippen LogP contribution is -2.18. The molecule has 0 bridgehead atoms. The predicted octanol–water partition coefficient (Wildman–Crippen LogP) is 2.00. The quantitative estimate of drug-likeness (QED) is 0.439. The highest BCUT2D eigenvalue weighted by atomic mass is 32.2. The van der Waals surface area contributed by atoms with Crippen molar-refractivity contribution in [3.05, 3.63) is 29.8 Å². The Morgan fingerprint density at radius 1 is 1.53 bits per heavy atom. The number of pyridine rings is 1. The predicted molar refractivity (Wildman–Crippen MR) is 62.5 cm³/mol. The number of hydrogen-bond acceptors (Lipinski definition) is 3. The Morgan fingerprint density at radius 2 is 2.27 bits per heavy atom. The van der Waals surface area contributed by atoms with Gasteiger partial charge in [-0.1, -0.05) is 17.8 Å². The van der Waals surface area contributed by atoms with Crippen molar-refractivity contribution < 1.29 is 4.39 Å². The second-order valence-corrected chi connectivity index (χ2v) is 3.96. The second-order valence-electron chi connectivity index (χ2n) is 3.19. The van der Waals surface area contributed by atoms with Crippen LogP contribution in [0.25, 0.3) is 0 Å². The van der Waals surface area contributed by atoms with Crippen molar-refractivity contribution in [2.45, 2.75) is 6.54 Å². The molecule has 0 fully saturated rings. The molecule has 0 saturated carbocycles. The second kappa shape index (κ2) is 5.70. The molecule has 0 atom stereocenters. The van der Waals surface area contributed by atoms with Crippen LogP contribution in [0.3, 0.4) is 0 Å². The van der Waals surface area contributed by atoms with Gasteiger partial charge in [0.05, 0.1) is 6.54 Å². The summed E-state index contributed by atoms with van der Waals surface area (Å²) in [6.07, 6.45) is 3.48. The van der Waals surface area contributed by atoms with Crippen molar-refractivity contribution in [3.63, 3.8) is 0 Å². The molecule has 0 spiro atoms. The number of nitrogens with zero attached hydrogens (tertiary/aromatic N) is 3. The molecule has 5 heteroatoms. The minimum Gasteiger partial charge on any atom is -0.358 e. The van der Waals surface area contributed by atoms with Gasteiger partial charge in [-0.25, -0.2) is 4.98 Å². The normalized spacial score (nSPS) is 11.6. The molecule has 0 radical (unpaired) electrons. The van der Waals surface area contributed by atoms with E-state index in [4.69, 9.17) is 0 Å². The molecule has 0 saturated heterocycles. The lowest BCUT2D eigenvalue weighted by molar-refractivity contribution is 0.582. The molecule has 0 aliphatic heterocycles. The first-order valence-corrected chi connectivity index (χ1v) is 5.72. The molecule has 0 aromatic carbocycles. The monoisotopic (exact) mass is 227 g/mol. The highest BCUT2D eigenvalue weighted by molar-refractivity contribution is 8.13. The van der Waals surface area contributed by atoms with E-state index in [0.29, 0.717) is 6.54 Å². The summed E-state index contributed by atoms with van der Waals surface area (Å²) < 4.78 is 12.5. The molecule has 0 amide bonds. The highest BCUT2D eigenvalue weighted by Gasteiger charge is 1.99. The Labute approximate surface area is 93.4 Å². The van der Waals surface area contributed by atoms with Gasteiger partial charge in [0.15, 0.2) is 5.17 Å². The van der Waals surface area contributed by atoms with Gasteiger partial charge in [0, 0.05) is 20.3 Å². The molecule has 1 heterocycles. The average molecular weight is 227 g/mol. The maximum Gasteiger partial charge on any atom is 0.212 e. The van der Waals surface area contributed by atoms with Crippen LogP contribution < -0.4 is 0 Å². The lowest BCUT2D eigenvalue weighted by atomic mass is 10.3. The SMILES string of the molecule is CSC(=NCc1ccc(F)nc1)N(C)C. The fourth-order valence-electron chi connectivity index (χ4n) is 1.05. The van der Waals surface area contributed by atoms with Gasteiger partial charge in [0.2, 0.25) is 5.95 Å². The Hall–Kier alpha value is -1.10. The molecular weight excluding hydrogens is 213 g/mol. The van der Waals surface area contributed by atoms with Crippen LogP contribution >= 0.6 is 11.8 Å². The van der Waals surface area contributed by atoms with E-state index in [1.165, 1.54) is 12.3 Å². The number of amidine groups is 1. The molecule has 15 heavy (non-hydrogen) atoms. The Kier molecular flexibility index (Phi) is 4.55. The number of halogens is 1. The third kappa shape index (κ3) is 3.87. The van der Waals surface area contributed by atoms with E-state index >= 15 is 0 Å². The van der Waals surface area contributed by atoms with Gasteiger partial charge in [0.1, 0.15) is 0 Å². The van der Waals surface area contributed by atoms with Crippen LogP contribution in [0.4, 0.5) is 4.39 Å². The molecular formula is C10H14FN3S. The van der Waals surface area contributed by atoms with Gasteiger partial charge in [-0.3, -0.25) is 4.99 Å². The number of aromatic nitrogens is 1. The Morgan fingerprint density at radius 3 is 2.73 bits per heavy atom. The number of hydrogen-bond donors (Lipinski definition) is 0. The molecule has 1 aromatic heterocycles. The van der Waals surface area contributed by atoms with Crippen molar-refractivity contribution >= 4 is 16.9 Å². The Balaban J connectivity index is 2.66. The Bertz CT molecular complexity index is 335. The van der Waals surface area contributed by atoms with E-state index in [1.807, 2.05) is 25.3 Å². The number of rotatable bonds is 2. The van der Waals surface area contributed by atoms with Crippen molar-refractivity contribution in [1.82, 2.24) is 9.88 Å². The fraction of sp³-hybridized carbons (Fsp3) is 0.400. The molecule has 0 aliphatic carbocycles. The summed E-state index contributed by atoms with van der Waals surface area (Å²) in [5.41, 5.74) is 0.907. The molecule has 1 rings (SSSR count). The zero-order valence-corrected chi connectivity index (χ0v) is 9.88. The summed E-state index contributed by atoms with van der Waals surface area (Å²) >= 11 is 1.58. The summed E-state index contributed by atoms with van der Waals surface area (Å²) in [5, 5.41) is 0.944. The van der Waals surface area contributed by atoms with Crippen molar-refractivity contribution in [1.29, 1.82) is 0 Å². The van der Waals surface area contributed by atoms with E-state index < -0.39 is 5.95 Å². The van der Waals surface area contributed by atoms with Gasteiger partial charge in [0.25, 0.3) is 0 Å². The third-order valence-corrected chi connectivity index (χ3v) is 2.61. The van der Waals surface area contributed by atoms with Crippen LogP contribution in [0.5, 0.6) is 0 Å². The van der Waals surface area contributed by atoms with E-state index in [-0.39, 0.29) is 0 Å². The third-order valence-electron chi connectivity index (χ3n) is 1.75. The van der Waals surface area contributed by atoms with Gasteiger partial charge < -0.3 is 4.90 Å². The smallest absolute Gasteiger partial charge is 0.212 e. The largest absolute Gasteiger partial charge is 0.358 e. The first-order valence-electron chi connectivity index (χ1n) is 4.49. The molecule has 0 N–H and O–H groups in total. The summed E-state index contributed by atoms with van der Waals surface area (Å²) in [5.74, 6) is -0.458. The lowest BCUT2D eigenvalue weighted by Gasteiger charge is -2.12. The molecule has 1 aromatic rings. The first-order chi connectivity index (χ1) is 7.13. The summed E-state index contributed by atoms with van der Waals surface area (Å²) in [6, 6.07) is 3.04. The van der Waals surface area contributed by atoms with Gasteiger partial charge in [-0.2, -0.15) is 4.39 Å². The van der Waals surface area contributed by atoms with Crippen LogP contribution in [-0.4, -0.2) is 35.4 Å². The molecule has 0 unspecified atom stereocenters. The van der Waals surface area contributed by atoms with E-state index in [0.717, 1.165) is 10.7 Å². The maximum atomic E-state index is 12.5. The van der Waals surface area contributed by atoms with Gasteiger partial charge >= 0.3 is 0 Å². The summed E-state index contributed by atoms with van der Waals surface area (Å²) in [7, 11) is 3.89. The van der Waals surface area contributed by atoms with Crippen molar-refractivity contribution in [2.75, 3.05) is 20.4 Å². The summed E-state index contributed by atoms with van der Waals surface area (Å²) in [4.78, 5) is 9.90. The maximum absolute atomic E-state index is 12.5. The number of thioether (sulfide) groups is 1. The minimum atomic E-state index is -0.458. The zero-order chi connectivity index (χ0) is 11.3. The fourth-order valence-corrected chi connectivity index (χ4v) is 1.61. The van der Waals surface area contributed by atoms with Crippen molar-refractivity contribution in [3.8, 4) is 0 Å². The van der Waals surface area contributed by atoms with Gasteiger partial charge in [-0.15, -0.1) is 0 Å². The minimum absolute atomic E-state index is 0.458. The van der Waals surface area contributed by atoms with Crippen LogP contribution in [0.15, 0.2) is 23.3 Å². The van der Waals surface area contributed by atoms with Gasteiger partial charge in [-0.05, 0) is 17.9 Å². The van der Waals surface area contributed by atoms with E-state index in [1.54, 1.807) is 17.8 Å². The standard InChI is InChI=1S/C10H14FN3S/c1-14(2)10(15-3)13-7-8-4-5-9(11)12-6-8/h4-6H,7H2,1-3H3.